The molecule has 0 aromatic heterocycles. The highest BCUT2D eigenvalue weighted by Gasteiger charge is 2.00. The molecule has 5 heteroatoms. The van der Waals surface area contributed by atoms with Gasteiger partial charge in [-0.15, -0.1) is 11.8 Å². The van der Waals surface area contributed by atoms with Crippen molar-refractivity contribution in [2.45, 2.75) is 4.90 Å². The average molecular weight is 262 g/mol. The van der Waals surface area contributed by atoms with Gasteiger partial charge in [0.2, 0.25) is 0 Å². The van der Waals surface area contributed by atoms with E-state index in [-0.39, 0.29) is 0 Å². The van der Waals surface area contributed by atoms with Crippen LogP contribution in [0.1, 0.15) is 0 Å². The van der Waals surface area contributed by atoms with Gasteiger partial charge in [-0.25, -0.2) is 0 Å². The molecule has 0 spiro atoms. The maximum atomic E-state index is 5.82. The fourth-order valence-corrected chi connectivity index (χ4v) is 2.10. The third-order valence-electron chi connectivity index (χ3n) is 1.89. The molecule has 1 aromatic carbocycles. The molecule has 0 saturated heterocycles. The molecule has 0 unspecified atom stereocenters. The van der Waals surface area contributed by atoms with E-state index in [1.165, 1.54) is 0 Å². The highest BCUT2D eigenvalue weighted by Crippen LogP contribution is 2.27. The number of nitrogens with two attached hydrogens (primary N) is 1. The number of halogens is 1. The molecule has 0 aliphatic heterocycles. The van der Waals surface area contributed by atoms with Gasteiger partial charge in [-0.1, -0.05) is 11.6 Å². The molecule has 0 fully saturated rings. The Hall–Kier alpha value is -0.420. The van der Waals surface area contributed by atoms with Crippen LogP contribution in [-0.4, -0.2) is 32.7 Å². The molecule has 0 atom stereocenters. The predicted octanol–water partition coefficient (Wildman–Crippen LogP) is 2.68. The van der Waals surface area contributed by atoms with E-state index in [0.29, 0.717) is 24.8 Å². The summed E-state index contributed by atoms with van der Waals surface area (Å²) < 4.78 is 10.2. The molecule has 0 aliphatic rings. The van der Waals surface area contributed by atoms with Gasteiger partial charge in [0.15, 0.2) is 0 Å². The number of thioether (sulfide) groups is 1. The summed E-state index contributed by atoms with van der Waals surface area (Å²) in [7, 11) is 1.66. The van der Waals surface area contributed by atoms with Gasteiger partial charge in [-0.2, -0.15) is 0 Å². The quantitative estimate of drug-likeness (QED) is 0.466. The van der Waals surface area contributed by atoms with Gasteiger partial charge in [-0.05, 0) is 18.2 Å². The van der Waals surface area contributed by atoms with E-state index in [1.807, 2.05) is 12.1 Å². The Morgan fingerprint density at radius 2 is 2.12 bits per heavy atom. The van der Waals surface area contributed by atoms with Crippen LogP contribution >= 0.6 is 23.4 Å². The van der Waals surface area contributed by atoms with Gasteiger partial charge in [0.25, 0.3) is 0 Å². The number of benzene rings is 1. The number of rotatable bonds is 7. The highest BCUT2D eigenvalue weighted by atomic mass is 35.5. The first-order chi connectivity index (χ1) is 7.74. The molecule has 0 bridgehead atoms. The number of anilines is 1. The Kier molecular flexibility index (Phi) is 6.64. The van der Waals surface area contributed by atoms with Crippen LogP contribution in [0.5, 0.6) is 0 Å². The largest absolute Gasteiger partial charge is 0.398 e. The second-order valence-electron chi connectivity index (χ2n) is 3.14. The summed E-state index contributed by atoms with van der Waals surface area (Å²) >= 11 is 7.47. The van der Waals surface area contributed by atoms with E-state index in [2.05, 4.69) is 0 Å². The van der Waals surface area contributed by atoms with Crippen LogP contribution in [0.15, 0.2) is 23.1 Å². The molecule has 0 amide bonds. The lowest BCUT2D eigenvalue weighted by Gasteiger charge is -2.06. The minimum Gasteiger partial charge on any atom is -0.398 e. The van der Waals surface area contributed by atoms with Gasteiger partial charge in [0.1, 0.15) is 0 Å². The summed E-state index contributed by atoms with van der Waals surface area (Å²) in [6, 6.07) is 5.53. The normalized spacial score (nSPS) is 10.6. The van der Waals surface area contributed by atoms with Crippen molar-refractivity contribution in [3.63, 3.8) is 0 Å². The zero-order chi connectivity index (χ0) is 11.8. The third-order valence-corrected chi connectivity index (χ3v) is 3.18. The van der Waals surface area contributed by atoms with E-state index in [4.69, 9.17) is 26.8 Å². The third kappa shape index (κ3) is 5.07. The summed E-state index contributed by atoms with van der Waals surface area (Å²) in [5, 5.41) is 0.665. The van der Waals surface area contributed by atoms with E-state index >= 15 is 0 Å². The van der Waals surface area contributed by atoms with Crippen molar-refractivity contribution in [1.29, 1.82) is 0 Å². The Morgan fingerprint density at radius 1 is 1.31 bits per heavy atom. The van der Waals surface area contributed by atoms with E-state index < -0.39 is 0 Å². The van der Waals surface area contributed by atoms with E-state index in [0.717, 1.165) is 16.3 Å². The van der Waals surface area contributed by atoms with E-state index in [9.17, 15) is 0 Å². The topological polar surface area (TPSA) is 44.5 Å². The summed E-state index contributed by atoms with van der Waals surface area (Å²) in [6.07, 6.45) is 0. The molecular weight excluding hydrogens is 246 g/mol. The Bertz CT molecular complexity index is 323. The van der Waals surface area contributed by atoms with Crippen LogP contribution in [0, 0.1) is 0 Å². The zero-order valence-corrected chi connectivity index (χ0v) is 10.8. The zero-order valence-electron chi connectivity index (χ0n) is 9.24. The van der Waals surface area contributed by atoms with Crippen molar-refractivity contribution >= 4 is 29.1 Å². The molecule has 16 heavy (non-hydrogen) atoms. The van der Waals surface area contributed by atoms with Crippen molar-refractivity contribution < 1.29 is 9.47 Å². The van der Waals surface area contributed by atoms with Crippen LogP contribution in [0.2, 0.25) is 5.02 Å². The smallest absolute Gasteiger partial charge is 0.0700 e. The first-order valence-corrected chi connectivity index (χ1v) is 6.35. The molecule has 1 aromatic rings. The molecule has 0 aliphatic carbocycles. The molecule has 2 N–H and O–H groups in total. The lowest BCUT2D eigenvalue weighted by molar-refractivity contribution is 0.0790. The number of ether oxygens (including phenoxy) is 2. The van der Waals surface area contributed by atoms with Crippen molar-refractivity contribution in [1.82, 2.24) is 0 Å². The molecular formula is C11H16ClNO2S. The average Bonchev–Trinajstić information content (AvgIpc) is 2.26. The summed E-state index contributed by atoms with van der Waals surface area (Å²) in [5.41, 5.74) is 6.53. The van der Waals surface area contributed by atoms with Crippen LogP contribution in [0.25, 0.3) is 0 Å². The van der Waals surface area contributed by atoms with Crippen molar-refractivity contribution in [2.75, 3.05) is 38.4 Å². The fraction of sp³-hybridized carbons (Fsp3) is 0.455. The molecule has 0 saturated carbocycles. The van der Waals surface area contributed by atoms with Gasteiger partial charge >= 0.3 is 0 Å². The lowest BCUT2D eigenvalue weighted by Crippen LogP contribution is -2.04. The molecule has 3 nitrogen and oxygen atoms in total. The van der Waals surface area contributed by atoms with Gasteiger partial charge in [-0.3, -0.25) is 0 Å². The molecule has 1 rings (SSSR count). The van der Waals surface area contributed by atoms with Crippen LogP contribution in [-0.2, 0) is 9.47 Å². The fourth-order valence-electron chi connectivity index (χ4n) is 1.11. The van der Waals surface area contributed by atoms with E-state index in [1.54, 1.807) is 24.9 Å². The van der Waals surface area contributed by atoms with Crippen molar-refractivity contribution in [3.05, 3.63) is 23.2 Å². The van der Waals surface area contributed by atoms with Gasteiger partial charge in [0.05, 0.1) is 19.8 Å². The second-order valence-corrected chi connectivity index (χ2v) is 4.71. The standard InChI is InChI=1S/C11H16ClNO2S/c1-14-4-5-15-6-7-16-11-3-2-9(12)8-10(11)13/h2-3,8H,4-7,13H2,1H3. The van der Waals surface area contributed by atoms with Crippen molar-refractivity contribution in [2.24, 2.45) is 0 Å². The van der Waals surface area contributed by atoms with Crippen LogP contribution in [0.3, 0.4) is 0 Å². The number of methoxy groups -OCH3 is 1. The first-order valence-electron chi connectivity index (χ1n) is 4.98. The van der Waals surface area contributed by atoms with Crippen LogP contribution < -0.4 is 5.73 Å². The monoisotopic (exact) mass is 261 g/mol. The van der Waals surface area contributed by atoms with Gasteiger partial charge in [0, 0.05) is 28.5 Å². The second kappa shape index (κ2) is 7.79. The molecule has 90 valence electrons. The Labute approximate surface area is 105 Å². The Morgan fingerprint density at radius 3 is 2.81 bits per heavy atom. The maximum absolute atomic E-state index is 5.82. The summed E-state index contributed by atoms with van der Waals surface area (Å²) in [4.78, 5) is 1.04. The van der Waals surface area contributed by atoms with Gasteiger partial charge < -0.3 is 15.2 Å². The van der Waals surface area contributed by atoms with Crippen molar-refractivity contribution in [3.8, 4) is 0 Å². The minimum atomic E-state index is 0.632. The maximum Gasteiger partial charge on any atom is 0.0700 e. The summed E-state index contributed by atoms with van der Waals surface area (Å²) in [6.45, 7) is 1.96. The number of hydrogen-bond donors (Lipinski definition) is 1. The molecule has 0 heterocycles. The lowest BCUT2D eigenvalue weighted by atomic mass is 10.3. The first kappa shape index (κ1) is 13.6. The minimum absolute atomic E-state index is 0.632. The van der Waals surface area contributed by atoms with Crippen LogP contribution in [0.4, 0.5) is 5.69 Å². The SMILES string of the molecule is COCCOCCSc1ccc(Cl)cc1N. The number of nitrogen functional groups attached to an aromatic ring is 1. The Balaban J connectivity index is 2.21. The highest BCUT2D eigenvalue weighted by molar-refractivity contribution is 7.99. The predicted molar refractivity (Wildman–Crippen MR) is 69.3 cm³/mol. The molecule has 0 radical (unpaired) electrons. The number of hydrogen-bond acceptors (Lipinski definition) is 4. The summed E-state index contributed by atoms with van der Waals surface area (Å²) in [5.74, 6) is 0.871.